The molecule has 0 aromatic heterocycles. The number of ether oxygens (including phenoxy) is 3. The third-order valence-electron chi connectivity index (χ3n) is 5.74. The van der Waals surface area contributed by atoms with Crippen molar-refractivity contribution in [2.24, 2.45) is 0 Å². The molecule has 2 aromatic carbocycles. The molecule has 2 fully saturated rings. The molecule has 0 aliphatic carbocycles. The van der Waals surface area contributed by atoms with Gasteiger partial charge in [-0.25, -0.2) is 0 Å². The number of benzene rings is 2. The van der Waals surface area contributed by atoms with Crippen LogP contribution in [0.25, 0.3) is 5.76 Å². The van der Waals surface area contributed by atoms with Crippen molar-refractivity contribution >= 4 is 17.4 Å². The van der Waals surface area contributed by atoms with Crippen LogP contribution in [0.3, 0.4) is 0 Å². The molecule has 2 aromatic rings. The molecule has 2 unspecified atom stereocenters. The molecule has 7 heteroatoms. The van der Waals surface area contributed by atoms with Crippen LogP contribution in [0.1, 0.15) is 30.0 Å². The minimum atomic E-state index is -0.735. The van der Waals surface area contributed by atoms with Crippen molar-refractivity contribution in [2.45, 2.75) is 25.0 Å². The smallest absolute Gasteiger partial charge is 0.295 e. The molecule has 7 nitrogen and oxygen atoms in total. The Kier molecular flexibility index (Phi) is 5.95. The number of likely N-dealkylation sites (tertiary alicyclic amines) is 1. The second-order valence-corrected chi connectivity index (χ2v) is 7.59. The summed E-state index contributed by atoms with van der Waals surface area (Å²) in [7, 11) is 3.11. The second-order valence-electron chi connectivity index (χ2n) is 7.59. The zero-order chi connectivity index (χ0) is 22.0. The zero-order valence-electron chi connectivity index (χ0n) is 17.5. The van der Waals surface area contributed by atoms with Crippen LogP contribution in [-0.2, 0) is 14.3 Å². The molecule has 2 aliphatic rings. The van der Waals surface area contributed by atoms with E-state index in [1.807, 2.05) is 6.07 Å². The first-order valence-electron chi connectivity index (χ1n) is 10.2. The van der Waals surface area contributed by atoms with Gasteiger partial charge in [0.1, 0.15) is 17.3 Å². The maximum Gasteiger partial charge on any atom is 0.295 e. The molecule has 162 valence electrons. The van der Waals surface area contributed by atoms with E-state index in [2.05, 4.69) is 0 Å². The number of methoxy groups -OCH3 is 2. The van der Waals surface area contributed by atoms with Gasteiger partial charge >= 0.3 is 0 Å². The fourth-order valence-corrected chi connectivity index (χ4v) is 4.14. The fourth-order valence-electron chi connectivity index (χ4n) is 4.14. The van der Waals surface area contributed by atoms with E-state index in [-0.39, 0.29) is 24.0 Å². The summed E-state index contributed by atoms with van der Waals surface area (Å²) < 4.78 is 16.2. The average molecular weight is 423 g/mol. The van der Waals surface area contributed by atoms with Crippen molar-refractivity contribution in [3.05, 3.63) is 65.2 Å². The van der Waals surface area contributed by atoms with Crippen molar-refractivity contribution in [3.8, 4) is 11.5 Å². The number of rotatable bonds is 6. The van der Waals surface area contributed by atoms with Gasteiger partial charge in [-0.3, -0.25) is 9.59 Å². The summed E-state index contributed by atoms with van der Waals surface area (Å²) in [5, 5.41) is 11.1. The molecule has 0 saturated carbocycles. The van der Waals surface area contributed by atoms with Gasteiger partial charge in [0.05, 0.1) is 31.9 Å². The number of carbonyl (C=O) groups excluding carboxylic acids is 2. The van der Waals surface area contributed by atoms with Crippen molar-refractivity contribution in [3.63, 3.8) is 0 Å². The van der Waals surface area contributed by atoms with Crippen molar-refractivity contribution < 1.29 is 28.9 Å². The van der Waals surface area contributed by atoms with Crippen molar-refractivity contribution in [1.29, 1.82) is 0 Å². The van der Waals surface area contributed by atoms with E-state index in [0.717, 1.165) is 12.8 Å². The Morgan fingerprint density at radius 3 is 2.48 bits per heavy atom. The number of amides is 1. The fraction of sp³-hybridized carbons (Fsp3) is 0.333. The standard InChI is InChI=1S/C24H25NO6/c1-29-17-10-8-15(9-11-17)22(26)20-21(16-5-3-6-18(13-16)30-2)25(24(28)23(20)27)14-19-7-4-12-31-19/h3,5-6,8-11,13,19,21,26H,4,7,12,14H2,1-2H3. The molecule has 0 spiro atoms. The van der Waals surface area contributed by atoms with E-state index < -0.39 is 17.7 Å². The monoisotopic (exact) mass is 423 g/mol. The molecule has 0 bridgehead atoms. The third kappa shape index (κ3) is 4.01. The Labute approximate surface area is 180 Å². The quantitative estimate of drug-likeness (QED) is 0.436. The number of aliphatic hydroxyl groups is 1. The molecule has 2 aliphatic heterocycles. The summed E-state index contributed by atoms with van der Waals surface area (Å²) in [6.45, 7) is 0.927. The zero-order valence-corrected chi connectivity index (χ0v) is 17.5. The summed E-state index contributed by atoms with van der Waals surface area (Å²) in [6.07, 6.45) is 1.61. The van der Waals surface area contributed by atoms with Gasteiger partial charge in [-0.1, -0.05) is 12.1 Å². The molecule has 2 atom stereocenters. The summed E-state index contributed by atoms with van der Waals surface area (Å²) in [5.74, 6) is -0.342. The van der Waals surface area contributed by atoms with Crippen LogP contribution in [0, 0.1) is 0 Å². The summed E-state index contributed by atoms with van der Waals surface area (Å²) >= 11 is 0. The van der Waals surface area contributed by atoms with Crippen LogP contribution in [0.5, 0.6) is 11.5 Å². The lowest BCUT2D eigenvalue weighted by Gasteiger charge is -2.27. The highest BCUT2D eigenvalue weighted by atomic mass is 16.5. The number of hydrogen-bond acceptors (Lipinski definition) is 6. The van der Waals surface area contributed by atoms with Crippen LogP contribution in [-0.4, -0.2) is 55.2 Å². The van der Waals surface area contributed by atoms with E-state index in [4.69, 9.17) is 14.2 Å². The van der Waals surface area contributed by atoms with Crippen LogP contribution >= 0.6 is 0 Å². The summed E-state index contributed by atoms with van der Waals surface area (Å²) in [4.78, 5) is 27.6. The molecular formula is C24H25NO6. The SMILES string of the molecule is COc1ccc(C(O)=C2C(=O)C(=O)N(CC3CCCO3)C2c2cccc(OC)c2)cc1. The highest BCUT2D eigenvalue weighted by molar-refractivity contribution is 6.46. The molecule has 2 saturated heterocycles. The van der Waals surface area contributed by atoms with Crippen LogP contribution < -0.4 is 9.47 Å². The van der Waals surface area contributed by atoms with Crippen molar-refractivity contribution in [2.75, 3.05) is 27.4 Å². The number of hydrogen-bond donors (Lipinski definition) is 1. The highest BCUT2D eigenvalue weighted by Gasteiger charge is 2.47. The van der Waals surface area contributed by atoms with Gasteiger partial charge in [0.25, 0.3) is 11.7 Å². The van der Waals surface area contributed by atoms with E-state index >= 15 is 0 Å². The molecule has 2 heterocycles. The largest absolute Gasteiger partial charge is 0.507 e. The van der Waals surface area contributed by atoms with Crippen LogP contribution in [0.4, 0.5) is 0 Å². The van der Waals surface area contributed by atoms with E-state index in [1.54, 1.807) is 56.7 Å². The molecule has 4 rings (SSSR count). The predicted molar refractivity (Wildman–Crippen MR) is 114 cm³/mol. The molecule has 1 N–H and O–H groups in total. The van der Waals surface area contributed by atoms with E-state index in [0.29, 0.717) is 29.2 Å². The first-order valence-corrected chi connectivity index (χ1v) is 10.2. The summed E-state index contributed by atoms with van der Waals surface area (Å²) in [5.41, 5.74) is 1.18. The maximum atomic E-state index is 13.1. The number of nitrogens with zero attached hydrogens (tertiary/aromatic N) is 1. The van der Waals surface area contributed by atoms with Gasteiger partial charge in [0, 0.05) is 18.7 Å². The maximum absolute atomic E-state index is 13.1. The number of aliphatic hydroxyl groups excluding tert-OH is 1. The van der Waals surface area contributed by atoms with Crippen molar-refractivity contribution in [1.82, 2.24) is 4.90 Å². The number of ketones is 1. The molecular weight excluding hydrogens is 398 g/mol. The van der Waals surface area contributed by atoms with Gasteiger partial charge in [-0.2, -0.15) is 0 Å². The Morgan fingerprint density at radius 2 is 1.84 bits per heavy atom. The van der Waals surface area contributed by atoms with Gasteiger partial charge in [-0.05, 0) is 54.8 Å². The minimum Gasteiger partial charge on any atom is -0.507 e. The second kappa shape index (κ2) is 8.81. The third-order valence-corrected chi connectivity index (χ3v) is 5.74. The lowest BCUT2D eigenvalue weighted by molar-refractivity contribution is -0.140. The number of Topliss-reactive ketones (excluding diaryl/α,β-unsaturated/α-hetero) is 1. The Morgan fingerprint density at radius 1 is 1.10 bits per heavy atom. The van der Waals surface area contributed by atoms with Gasteiger partial charge in [0.15, 0.2) is 0 Å². The highest BCUT2D eigenvalue weighted by Crippen LogP contribution is 2.41. The average Bonchev–Trinajstić information content (AvgIpc) is 3.41. The lowest BCUT2D eigenvalue weighted by atomic mass is 9.95. The Bertz CT molecular complexity index is 1010. The van der Waals surface area contributed by atoms with Gasteiger partial charge in [0.2, 0.25) is 0 Å². The van der Waals surface area contributed by atoms with Crippen LogP contribution in [0.15, 0.2) is 54.1 Å². The minimum absolute atomic E-state index is 0.0569. The van der Waals surface area contributed by atoms with E-state index in [1.165, 1.54) is 4.90 Å². The Hall–Kier alpha value is -3.32. The normalized spacial score (nSPS) is 22.7. The predicted octanol–water partition coefficient (Wildman–Crippen LogP) is 3.30. The first-order chi connectivity index (χ1) is 15.0. The Balaban J connectivity index is 1.81. The van der Waals surface area contributed by atoms with Gasteiger partial charge < -0.3 is 24.2 Å². The van der Waals surface area contributed by atoms with E-state index in [9.17, 15) is 14.7 Å². The first kappa shape index (κ1) is 20.9. The summed E-state index contributed by atoms with van der Waals surface area (Å²) in [6, 6.07) is 13.2. The lowest BCUT2D eigenvalue weighted by Crippen LogP contribution is -2.36. The van der Waals surface area contributed by atoms with Gasteiger partial charge in [-0.15, -0.1) is 0 Å². The van der Waals surface area contributed by atoms with Crippen LogP contribution in [0.2, 0.25) is 0 Å². The molecule has 1 amide bonds. The molecule has 0 radical (unpaired) electrons. The topological polar surface area (TPSA) is 85.3 Å². The molecule has 31 heavy (non-hydrogen) atoms. The number of carbonyl (C=O) groups is 2.